The molecule has 2 aliphatic rings. The molecule has 0 saturated carbocycles. The van der Waals surface area contributed by atoms with Crippen LogP contribution < -0.4 is 9.13 Å². The van der Waals surface area contributed by atoms with Crippen molar-refractivity contribution in [3.63, 3.8) is 0 Å². The molecule has 2 atom stereocenters. The lowest BCUT2D eigenvalue weighted by atomic mass is 9.56. The highest BCUT2D eigenvalue weighted by Gasteiger charge is 2.60. The molecular formula is C46H53FN2+2. The number of benzene rings is 3. The lowest BCUT2D eigenvalue weighted by molar-refractivity contribution is -0.755. The van der Waals surface area contributed by atoms with Gasteiger partial charge in [-0.15, -0.1) is 0 Å². The highest BCUT2D eigenvalue weighted by Crippen LogP contribution is 2.58. The zero-order valence-corrected chi connectivity index (χ0v) is 31.1. The average Bonchev–Trinajstić information content (AvgIpc) is 3.09. The topological polar surface area (TPSA) is 7.76 Å². The minimum atomic E-state index is -0.452. The molecule has 3 heterocycles. The van der Waals surface area contributed by atoms with Gasteiger partial charge in [0.1, 0.15) is 5.82 Å². The van der Waals surface area contributed by atoms with Crippen molar-refractivity contribution in [3.05, 3.63) is 130 Å². The van der Waals surface area contributed by atoms with Gasteiger partial charge in [0.25, 0.3) is 0 Å². The van der Waals surface area contributed by atoms with Gasteiger partial charge in [-0.05, 0) is 104 Å². The van der Waals surface area contributed by atoms with Gasteiger partial charge in [-0.2, -0.15) is 9.13 Å². The number of halogens is 1. The van der Waals surface area contributed by atoms with Crippen molar-refractivity contribution >= 4 is 10.8 Å². The Morgan fingerprint density at radius 2 is 1.55 bits per heavy atom. The summed E-state index contributed by atoms with van der Waals surface area (Å²) < 4.78 is 21.2. The van der Waals surface area contributed by atoms with Crippen LogP contribution in [0.25, 0.3) is 33.3 Å². The molecule has 0 amide bonds. The van der Waals surface area contributed by atoms with Crippen LogP contribution in [0.15, 0.2) is 85.2 Å². The number of hydrogen-bond acceptors (Lipinski definition) is 0. The zero-order valence-electron chi connectivity index (χ0n) is 31.1. The normalized spacial score (nSPS) is 20.4. The third kappa shape index (κ3) is 4.78. The number of unbranched alkanes of at least 4 members (excludes halogenated alkanes) is 1. The van der Waals surface area contributed by atoms with Crippen LogP contribution in [0.5, 0.6) is 0 Å². The summed E-state index contributed by atoms with van der Waals surface area (Å²) in [6, 6.07) is 22.1. The Kier molecular flexibility index (Phi) is 8.20. The second kappa shape index (κ2) is 12.0. The largest absolute Gasteiger partial charge is 0.222 e. The molecule has 0 N–H and O–H groups in total. The maximum absolute atomic E-state index is 16.3. The van der Waals surface area contributed by atoms with E-state index in [0.29, 0.717) is 0 Å². The quantitative estimate of drug-likeness (QED) is 0.111. The molecule has 49 heavy (non-hydrogen) atoms. The molecule has 0 saturated heterocycles. The van der Waals surface area contributed by atoms with Crippen molar-refractivity contribution in [2.75, 3.05) is 0 Å². The molecule has 0 fully saturated rings. The van der Waals surface area contributed by atoms with E-state index < -0.39 is 5.41 Å². The van der Waals surface area contributed by atoms with E-state index in [4.69, 9.17) is 0 Å². The highest BCUT2D eigenvalue weighted by atomic mass is 19.1. The molecular weight excluding hydrogens is 600 g/mol. The van der Waals surface area contributed by atoms with Crippen LogP contribution in [0.1, 0.15) is 106 Å². The summed E-state index contributed by atoms with van der Waals surface area (Å²) in [7, 11) is 0. The van der Waals surface area contributed by atoms with Gasteiger partial charge in [-0.3, -0.25) is 0 Å². The Morgan fingerprint density at radius 1 is 0.796 bits per heavy atom. The Bertz CT molecular complexity index is 2150. The van der Waals surface area contributed by atoms with Gasteiger partial charge in [0.15, 0.2) is 24.5 Å². The molecule has 0 bridgehead atoms. The molecule has 0 radical (unpaired) electrons. The van der Waals surface area contributed by atoms with Gasteiger partial charge in [0.2, 0.25) is 11.4 Å². The minimum Gasteiger partial charge on any atom is -0.207 e. The number of aromatic nitrogens is 2. The highest BCUT2D eigenvalue weighted by molar-refractivity contribution is 6.03. The van der Waals surface area contributed by atoms with Crippen molar-refractivity contribution in [1.29, 1.82) is 0 Å². The number of aryl methyl sites for hydroxylation is 4. The van der Waals surface area contributed by atoms with Gasteiger partial charge in [-0.1, -0.05) is 76.9 Å². The average molecular weight is 653 g/mol. The standard InChI is InChI=1S/C46H53FN2/c1-10-13-15-33-18-19-36-40-34(33)23-27-49-43(40)41-37(20-21-38(47)42(41)44(36,7)8)45(9,11-2)46(49,12-3)24-14-25-48-26-22-31(5)29-39(48)35-28-30(4)16-17-32(35)6/h14,16-24,26-29H,10-13,15,25H2,1-9H3/q+2. The number of allylic oxidation sites excluding steroid dienone is 2. The van der Waals surface area contributed by atoms with Crippen molar-refractivity contribution in [1.82, 2.24) is 0 Å². The van der Waals surface area contributed by atoms with Crippen LogP contribution in [0, 0.1) is 26.6 Å². The number of rotatable bonds is 9. The zero-order chi connectivity index (χ0) is 34.9. The summed E-state index contributed by atoms with van der Waals surface area (Å²) in [6.07, 6.45) is 14.7. The fourth-order valence-corrected chi connectivity index (χ4v) is 9.50. The van der Waals surface area contributed by atoms with Crippen molar-refractivity contribution < 1.29 is 13.5 Å². The molecule has 2 unspecified atom stereocenters. The summed E-state index contributed by atoms with van der Waals surface area (Å²) in [5.41, 5.74) is 12.4. The fourth-order valence-electron chi connectivity index (χ4n) is 9.50. The van der Waals surface area contributed by atoms with E-state index in [1.807, 2.05) is 0 Å². The van der Waals surface area contributed by atoms with E-state index in [-0.39, 0.29) is 16.8 Å². The predicted octanol–water partition coefficient (Wildman–Crippen LogP) is 10.8. The molecule has 5 aromatic rings. The Morgan fingerprint density at radius 3 is 2.29 bits per heavy atom. The fraction of sp³-hybridized carbons (Fsp3) is 0.391. The smallest absolute Gasteiger partial charge is 0.207 e. The van der Waals surface area contributed by atoms with Gasteiger partial charge >= 0.3 is 0 Å². The Hall–Kier alpha value is -4.11. The first-order valence-corrected chi connectivity index (χ1v) is 18.5. The van der Waals surface area contributed by atoms with Crippen molar-refractivity contribution in [2.45, 2.75) is 117 Å². The summed E-state index contributed by atoms with van der Waals surface area (Å²) >= 11 is 0. The lowest BCUT2D eigenvalue weighted by Crippen LogP contribution is -2.68. The first kappa shape index (κ1) is 33.4. The number of hydrogen-bond donors (Lipinski definition) is 0. The van der Waals surface area contributed by atoms with Crippen LogP contribution in [-0.4, -0.2) is 0 Å². The lowest BCUT2D eigenvalue weighted by Gasteiger charge is -2.49. The van der Waals surface area contributed by atoms with Gasteiger partial charge in [-0.25, -0.2) is 4.39 Å². The Labute approximate surface area is 293 Å². The monoisotopic (exact) mass is 652 g/mol. The molecule has 2 aromatic heterocycles. The summed E-state index contributed by atoms with van der Waals surface area (Å²) in [6.45, 7) is 21.1. The maximum Gasteiger partial charge on any atom is 0.222 e. The number of nitrogens with zero attached hydrogens (tertiary/aromatic N) is 2. The van der Waals surface area contributed by atoms with E-state index in [1.54, 1.807) is 6.07 Å². The second-order valence-electron chi connectivity index (χ2n) is 15.6. The van der Waals surface area contributed by atoms with E-state index in [0.717, 1.165) is 49.8 Å². The van der Waals surface area contributed by atoms with Crippen molar-refractivity contribution in [2.24, 2.45) is 0 Å². The van der Waals surface area contributed by atoms with Crippen LogP contribution in [0.4, 0.5) is 4.39 Å². The third-order valence-corrected chi connectivity index (χ3v) is 12.5. The minimum absolute atomic E-state index is 0.0965. The summed E-state index contributed by atoms with van der Waals surface area (Å²) in [5, 5.41) is 2.64. The second-order valence-corrected chi connectivity index (χ2v) is 15.6. The van der Waals surface area contributed by atoms with Gasteiger partial charge in [0.05, 0.1) is 16.4 Å². The molecule has 252 valence electrons. The molecule has 1 aliphatic heterocycles. The van der Waals surface area contributed by atoms with E-state index >= 15 is 4.39 Å². The summed E-state index contributed by atoms with van der Waals surface area (Å²) in [5.74, 6) is -0.0965. The third-order valence-electron chi connectivity index (χ3n) is 12.5. The summed E-state index contributed by atoms with van der Waals surface area (Å²) in [4.78, 5) is 0. The van der Waals surface area contributed by atoms with Gasteiger partial charge in [0, 0.05) is 41.2 Å². The molecule has 2 nitrogen and oxygen atoms in total. The SMILES string of the molecule is CCCCc1ccc2c3c4[n+](ccc13)C(C=CC[n+]1ccc(C)cc1-c1cc(C)ccc1C)(CC)C(C)(CC)c1ccc(F)c(c1-4)C2(C)C. The van der Waals surface area contributed by atoms with Crippen molar-refractivity contribution in [3.8, 4) is 22.5 Å². The Balaban J connectivity index is 1.48. The van der Waals surface area contributed by atoms with E-state index in [9.17, 15) is 0 Å². The maximum atomic E-state index is 16.3. The molecule has 1 aliphatic carbocycles. The van der Waals surface area contributed by atoms with E-state index in [1.165, 1.54) is 61.1 Å². The molecule has 7 rings (SSSR count). The first-order valence-electron chi connectivity index (χ1n) is 18.5. The molecule has 3 heteroatoms. The van der Waals surface area contributed by atoms with Crippen LogP contribution in [0.3, 0.4) is 0 Å². The number of pyridine rings is 2. The van der Waals surface area contributed by atoms with Crippen LogP contribution in [0.2, 0.25) is 0 Å². The van der Waals surface area contributed by atoms with Crippen LogP contribution >= 0.6 is 0 Å². The molecule has 3 aromatic carbocycles. The van der Waals surface area contributed by atoms with Crippen LogP contribution in [-0.2, 0) is 29.3 Å². The van der Waals surface area contributed by atoms with E-state index in [2.05, 4.69) is 151 Å². The molecule has 0 spiro atoms. The first-order chi connectivity index (χ1) is 23.4. The predicted molar refractivity (Wildman–Crippen MR) is 202 cm³/mol. The van der Waals surface area contributed by atoms with Gasteiger partial charge < -0.3 is 0 Å².